The van der Waals surface area contributed by atoms with Crippen molar-refractivity contribution >= 4 is 23.0 Å². The van der Waals surface area contributed by atoms with Crippen molar-refractivity contribution in [2.75, 3.05) is 51.2 Å². The van der Waals surface area contributed by atoms with E-state index in [1.54, 1.807) is 13.2 Å². The molecule has 18 heavy (non-hydrogen) atoms. The molecule has 0 aliphatic heterocycles. The largest absolute Gasteiger partial charge is 0.397 e. The van der Waals surface area contributed by atoms with Gasteiger partial charge in [-0.2, -0.15) is 0 Å². The van der Waals surface area contributed by atoms with Gasteiger partial charge in [0.05, 0.1) is 18.0 Å². The zero-order valence-corrected chi connectivity index (χ0v) is 11.7. The van der Waals surface area contributed by atoms with Crippen LogP contribution < -0.4 is 10.6 Å². The van der Waals surface area contributed by atoms with Gasteiger partial charge in [0, 0.05) is 38.9 Å². The Hall–Kier alpha value is -0.970. The zero-order valence-electron chi connectivity index (χ0n) is 11.0. The fourth-order valence-corrected chi connectivity index (χ4v) is 1.74. The van der Waals surface area contributed by atoms with Crippen LogP contribution in [0.15, 0.2) is 18.2 Å². The van der Waals surface area contributed by atoms with Crippen LogP contribution in [0.5, 0.6) is 0 Å². The summed E-state index contributed by atoms with van der Waals surface area (Å²) in [6.07, 6.45) is 0.916. The Morgan fingerprint density at radius 1 is 1.28 bits per heavy atom. The van der Waals surface area contributed by atoms with Gasteiger partial charge in [-0.3, -0.25) is 0 Å². The van der Waals surface area contributed by atoms with Gasteiger partial charge in [-0.25, -0.2) is 0 Å². The SMILES string of the molecule is COCCCOCCN(C)c1cc(Cl)ccc1N. The molecular formula is C13H21ClN2O2. The number of likely N-dealkylation sites (N-methyl/N-ethyl adjacent to an activating group) is 1. The third kappa shape index (κ3) is 5.12. The second-order valence-corrected chi connectivity index (χ2v) is 4.52. The number of hydrogen-bond donors (Lipinski definition) is 1. The summed E-state index contributed by atoms with van der Waals surface area (Å²) in [5, 5.41) is 0.687. The Morgan fingerprint density at radius 3 is 2.78 bits per heavy atom. The van der Waals surface area contributed by atoms with Crippen LogP contribution in [-0.2, 0) is 9.47 Å². The smallest absolute Gasteiger partial charge is 0.0641 e. The second-order valence-electron chi connectivity index (χ2n) is 4.08. The fraction of sp³-hybridized carbons (Fsp3) is 0.538. The molecule has 0 fully saturated rings. The van der Waals surface area contributed by atoms with E-state index in [2.05, 4.69) is 0 Å². The van der Waals surface area contributed by atoms with Crippen molar-refractivity contribution in [3.63, 3.8) is 0 Å². The molecule has 102 valence electrons. The van der Waals surface area contributed by atoms with Crippen LogP contribution in [0.2, 0.25) is 5.02 Å². The molecule has 0 amide bonds. The van der Waals surface area contributed by atoms with Crippen LogP contribution in [0.1, 0.15) is 6.42 Å². The Morgan fingerprint density at radius 2 is 2.06 bits per heavy atom. The molecule has 0 saturated carbocycles. The molecule has 0 aliphatic rings. The van der Waals surface area contributed by atoms with E-state index in [9.17, 15) is 0 Å². The Labute approximate surface area is 114 Å². The molecule has 0 unspecified atom stereocenters. The second kappa shape index (κ2) is 8.19. The average Bonchev–Trinajstić information content (AvgIpc) is 2.36. The molecule has 4 nitrogen and oxygen atoms in total. The maximum atomic E-state index is 5.95. The Kier molecular flexibility index (Phi) is 6.86. The number of anilines is 2. The first-order chi connectivity index (χ1) is 8.65. The van der Waals surface area contributed by atoms with Gasteiger partial charge in [-0.05, 0) is 24.6 Å². The lowest BCUT2D eigenvalue weighted by molar-refractivity contribution is 0.107. The summed E-state index contributed by atoms with van der Waals surface area (Å²) in [6, 6.07) is 5.46. The fourth-order valence-electron chi connectivity index (χ4n) is 1.58. The molecule has 0 atom stereocenters. The van der Waals surface area contributed by atoms with Crippen molar-refractivity contribution in [2.45, 2.75) is 6.42 Å². The highest BCUT2D eigenvalue weighted by Gasteiger charge is 2.05. The van der Waals surface area contributed by atoms with E-state index in [-0.39, 0.29) is 0 Å². The molecule has 0 heterocycles. The normalized spacial score (nSPS) is 10.6. The highest BCUT2D eigenvalue weighted by molar-refractivity contribution is 6.31. The van der Waals surface area contributed by atoms with Crippen molar-refractivity contribution in [3.05, 3.63) is 23.2 Å². The van der Waals surface area contributed by atoms with Gasteiger partial charge in [-0.1, -0.05) is 11.6 Å². The van der Waals surface area contributed by atoms with Gasteiger partial charge in [0.25, 0.3) is 0 Å². The molecule has 1 aromatic rings. The lowest BCUT2D eigenvalue weighted by Crippen LogP contribution is -2.23. The minimum atomic E-state index is 0.659. The maximum absolute atomic E-state index is 5.95. The standard InChI is InChI=1S/C13H21ClN2O2/c1-16(6-9-18-8-3-7-17-2)13-10-11(14)4-5-12(13)15/h4-5,10H,3,6-9,15H2,1-2H3. The summed E-state index contributed by atoms with van der Waals surface area (Å²) in [6.45, 7) is 2.88. The zero-order chi connectivity index (χ0) is 13.4. The van der Waals surface area contributed by atoms with Crippen molar-refractivity contribution in [1.29, 1.82) is 0 Å². The third-order valence-corrected chi connectivity index (χ3v) is 2.85. The van der Waals surface area contributed by atoms with Crippen molar-refractivity contribution in [1.82, 2.24) is 0 Å². The first kappa shape index (κ1) is 15.1. The summed E-state index contributed by atoms with van der Waals surface area (Å²) < 4.78 is 10.4. The first-order valence-electron chi connectivity index (χ1n) is 5.98. The van der Waals surface area contributed by atoms with Crippen LogP contribution in [-0.4, -0.2) is 40.5 Å². The highest BCUT2D eigenvalue weighted by Crippen LogP contribution is 2.25. The number of benzene rings is 1. The molecule has 0 aromatic heterocycles. The summed E-state index contributed by atoms with van der Waals surface area (Å²) >= 11 is 5.95. The topological polar surface area (TPSA) is 47.7 Å². The number of ether oxygens (including phenoxy) is 2. The lowest BCUT2D eigenvalue weighted by Gasteiger charge is -2.21. The van der Waals surface area contributed by atoms with E-state index in [0.29, 0.717) is 18.2 Å². The first-order valence-corrected chi connectivity index (χ1v) is 6.35. The summed E-state index contributed by atoms with van der Waals surface area (Å²) in [4.78, 5) is 2.04. The summed E-state index contributed by atoms with van der Waals surface area (Å²) in [5.74, 6) is 0. The highest BCUT2D eigenvalue weighted by atomic mass is 35.5. The minimum Gasteiger partial charge on any atom is -0.397 e. The minimum absolute atomic E-state index is 0.659. The van der Waals surface area contributed by atoms with Gasteiger partial charge in [0.1, 0.15) is 0 Å². The Balaban J connectivity index is 2.31. The summed E-state index contributed by atoms with van der Waals surface area (Å²) in [7, 11) is 3.66. The number of methoxy groups -OCH3 is 1. The van der Waals surface area contributed by atoms with Gasteiger partial charge in [0.15, 0.2) is 0 Å². The van der Waals surface area contributed by atoms with E-state index in [1.807, 2.05) is 24.1 Å². The average molecular weight is 273 g/mol. The van der Waals surface area contributed by atoms with E-state index in [1.165, 1.54) is 0 Å². The number of nitrogens with two attached hydrogens (primary N) is 1. The maximum Gasteiger partial charge on any atom is 0.0641 e. The van der Waals surface area contributed by atoms with E-state index >= 15 is 0 Å². The molecule has 1 aromatic carbocycles. The van der Waals surface area contributed by atoms with Gasteiger partial charge < -0.3 is 20.1 Å². The van der Waals surface area contributed by atoms with Crippen molar-refractivity contribution in [2.24, 2.45) is 0 Å². The van der Waals surface area contributed by atoms with Gasteiger partial charge >= 0.3 is 0 Å². The van der Waals surface area contributed by atoms with Gasteiger partial charge in [0.2, 0.25) is 0 Å². The van der Waals surface area contributed by atoms with E-state index in [4.69, 9.17) is 26.8 Å². The van der Waals surface area contributed by atoms with Crippen LogP contribution in [0.3, 0.4) is 0 Å². The van der Waals surface area contributed by atoms with Crippen LogP contribution in [0, 0.1) is 0 Å². The number of hydrogen-bond acceptors (Lipinski definition) is 4. The summed E-state index contributed by atoms with van der Waals surface area (Å²) in [5.41, 5.74) is 7.56. The van der Waals surface area contributed by atoms with Gasteiger partial charge in [-0.15, -0.1) is 0 Å². The molecule has 5 heteroatoms. The van der Waals surface area contributed by atoms with E-state index in [0.717, 1.165) is 30.9 Å². The molecule has 0 saturated heterocycles. The number of halogens is 1. The number of nitrogen functional groups attached to an aromatic ring is 1. The van der Waals surface area contributed by atoms with E-state index < -0.39 is 0 Å². The molecule has 0 bridgehead atoms. The van der Waals surface area contributed by atoms with Crippen LogP contribution in [0.4, 0.5) is 11.4 Å². The molecule has 1 rings (SSSR count). The van der Waals surface area contributed by atoms with Crippen LogP contribution >= 0.6 is 11.6 Å². The monoisotopic (exact) mass is 272 g/mol. The molecule has 0 radical (unpaired) electrons. The quantitative estimate of drug-likeness (QED) is 0.583. The predicted octanol–water partition coefficient (Wildman–Crippen LogP) is 2.41. The number of nitrogens with zero attached hydrogens (tertiary/aromatic N) is 1. The predicted molar refractivity (Wildman–Crippen MR) is 76.4 cm³/mol. The Bertz CT molecular complexity index is 361. The molecule has 0 spiro atoms. The lowest BCUT2D eigenvalue weighted by atomic mass is 10.2. The molecule has 2 N–H and O–H groups in total. The molecule has 0 aliphatic carbocycles. The molecular weight excluding hydrogens is 252 g/mol. The van der Waals surface area contributed by atoms with Crippen LogP contribution in [0.25, 0.3) is 0 Å². The van der Waals surface area contributed by atoms with Crippen molar-refractivity contribution in [3.8, 4) is 0 Å². The van der Waals surface area contributed by atoms with Crippen molar-refractivity contribution < 1.29 is 9.47 Å². The third-order valence-electron chi connectivity index (χ3n) is 2.61. The number of rotatable bonds is 8.